The van der Waals surface area contributed by atoms with Gasteiger partial charge in [-0.1, -0.05) is 11.6 Å². The summed E-state index contributed by atoms with van der Waals surface area (Å²) in [4.78, 5) is 38.8. The highest BCUT2D eigenvalue weighted by Crippen LogP contribution is 2.31. The van der Waals surface area contributed by atoms with Crippen molar-refractivity contribution in [2.45, 2.75) is 20.0 Å². The Morgan fingerprint density at radius 3 is 1.62 bits per heavy atom. The highest BCUT2D eigenvalue weighted by Gasteiger charge is 2.21. The molecule has 0 unspecified atom stereocenters. The normalized spacial score (nSPS) is 9.93. The Morgan fingerprint density at radius 2 is 1.21 bits per heavy atom. The maximum atomic E-state index is 10.7. The highest BCUT2D eigenvalue weighted by atomic mass is 35.5. The molecule has 0 bridgehead atoms. The molecule has 154 valence electrons. The third-order valence-corrected chi connectivity index (χ3v) is 3.37. The Labute approximate surface area is 167 Å². The number of halogens is 1. The van der Waals surface area contributed by atoms with Crippen molar-refractivity contribution in [3.63, 3.8) is 0 Å². The van der Waals surface area contributed by atoms with Crippen molar-refractivity contribution < 1.29 is 24.4 Å². The van der Waals surface area contributed by atoms with E-state index in [9.17, 15) is 40.5 Å². The molecule has 0 heterocycles. The standard InChI is InChI=1S/C9H10N2O5.C6H3ClN2O4/c1-6(2)16-9-4-3-7(10(12)13)5-8(9)11(14)15;7-5-2-1-4(8(10)11)3-6(5)9(12)13/h3-6H,1-2H3;1-3H. The first-order valence-corrected chi connectivity index (χ1v) is 7.99. The van der Waals surface area contributed by atoms with Crippen molar-refractivity contribution in [2.75, 3.05) is 0 Å². The number of nitro groups is 4. The molecule has 0 amide bonds. The van der Waals surface area contributed by atoms with Gasteiger partial charge >= 0.3 is 5.69 Å². The smallest absolute Gasteiger partial charge is 0.317 e. The lowest BCUT2D eigenvalue weighted by Gasteiger charge is -2.09. The molecule has 0 spiro atoms. The van der Waals surface area contributed by atoms with Crippen LogP contribution in [0.15, 0.2) is 36.4 Å². The summed E-state index contributed by atoms with van der Waals surface area (Å²) in [6, 6.07) is 6.34. The Morgan fingerprint density at radius 1 is 0.759 bits per heavy atom. The Kier molecular flexibility index (Phi) is 7.90. The van der Waals surface area contributed by atoms with E-state index in [1.54, 1.807) is 13.8 Å². The second-order valence-electron chi connectivity index (χ2n) is 5.48. The van der Waals surface area contributed by atoms with Crippen LogP contribution in [0.1, 0.15) is 13.8 Å². The number of ether oxygens (including phenoxy) is 1. The molecule has 2 aromatic carbocycles. The molecule has 0 aliphatic rings. The molecule has 0 aliphatic heterocycles. The summed E-state index contributed by atoms with van der Waals surface area (Å²) >= 11 is 5.43. The molecule has 0 fully saturated rings. The monoisotopic (exact) mass is 428 g/mol. The van der Waals surface area contributed by atoms with Gasteiger partial charge in [-0.25, -0.2) is 0 Å². The van der Waals surface area contributed by atoms with Crippen LogP contribution in [-0.4, -0.2) is 25.8 Å². The fraction of sp³-hybridized carbons (Fsp3) is 0.200. The maximum Gasteiger partial charge on any atom is 0.317 e. The van der Waals surface area contributed by atoms with Crippen molar-refractivity contribution in [1.29, 1.82) is 0 Å². The van der Waals surface area contributed by atoms with Gasteiger partial charge in [-0.2, -0.15) is 0 Å². The van der Waals surface area contributed by atoms with E-state index in [0.717, 1.165) is 24.3 Å². The minimum Gasteiger partial charge on any atom is -0.484 e. The van der Waals surface area contributed by atoms with Gasteiger partial charge in [-0.15, -0.1) is 0 Å². The summed E-state index contributed by atoms with van der Waals surface area (Å²) in [5.74, 6) is 0.0330. The number of nitro benzene ring substituents is 4. The summed E-state index contributed by atoms with van der Waals surface area (Å²) in [7, 11) is 0. The van der Waals surface area contributed by atoms with Crippen molar-refractivity contribution in [3.8, 4) is 5.75 Å². The molecular weight excluding hydrogens is 416 g/mol. The van der Waals surface area contributed by atoms with E-state index >= 15 is 0 Å². The second kappa shape index (κ2) is 9.89. The fourth-order valence-corrected chi connectivity index (χ4v) is 2.06. The van der Waals surface area contributed by atoms with Gasteiger partial charge in [0.2, 0.25) is 0 Å². The molecule has 0 aromatic heterocycles. The largest absolute Gasteiger partial charge is 0.484 e. The van der Waals surface area contributed by atoms with Gasteiger partial charge in [0.1, 0.15) is 5.02 Å². The maximum absolute atomic E-state index is 10.7. The fourth-order valence-electron chi connectivity index (χ4n) is 1.87. The lowest BCUT2D eigenvalue weighted by atomic mass is 10.2. The number of rotatable bonds is 6. The van der Waals surface area contributed by atoms with E-state index in [2.05, 4.69) is 0 Å². The lowest BCUT2D eigenvalue weighted by Crippen LogP contribution is -2.07. The summed E-state index contributed by atoms with van der Waals surface area (Å²) in [6.07, 6.45) is -0.236. The summed E-state index contributed by atoms with van der Waals surface area (Å²) < 4.78 is 5.18. The summed E-state index contributed by atoms with van der Waals surface area (Å²) in [5, 5.41) is 41.5. The van der Waals surface area contributed by atoms with Gasteiger partial charge in [0.25, 0.3) is 17.1 Å². The van der Waals surface area contributed by atoms with Crippen molar-refractivity contribution in [1.82, 2.24) is 0 Å². The van der Waals surface area contributed by atoms with E-state index in [1.807, 2.05) is 0 Å². The molecule has 13 nitrogen and oxygen atoms in total. The minimum atomic E-state index is -0.769. The Bertz CT molecular complexity index is 965. The Balaban J connectivity index is 0.000000296. The van der Waals surface area contributed by atoms with E-state index in [4.69, 9.17) is 16.3 Å². The lowest BCUT2D eigenvalue weighted by molar-refractivity contribution is -0.394. The summed E-state index contributed by atoms with van der Waals surface area (Å²) in [6.45, 7) is 3.43. The van der Waals surface area contributed by atoms with Crippen LogP contribution < -0.4 is 4.74 Å². The van der Waals surface area contributed by atoms with Gasteiger partial charge in [0, 0.05) is 12.1 Å². The van der Waals surface area contributed by atoms with Crippen LogP contribution in [0.25, 0.3) is 0 Å². The van der Waals surface area contributed by atoms with Crippen molar-refractivity contribution in [2.24, 2.45) is 0 Å². The van der Waals surface area contributed by atoms with Crippen LogP contribution in [0, 0.1) is 40.5 Å². The molecule has 0 N–H and O–H groups in total. The molecule has 0 saturated heterocycles. The molecule has 0 aliphatic carbocycles. The van der Waals surface area contributed by atoms with Crippen LogP contribution in [-0.2, 0) is 0 Å². The van der Waals surface area contributed by atoms with Crippen LogP contribution in [0.5, 0.6) is 5.75 Å². The first kappa shape index (κ1) is 23.2. The van der Waals surface area contributed by atoms with Crippen LogP contribution in [0.2, 0.25) is 5.02 Å². The van der Waals surface area contributed by atoms with E-state index in [1.165, 1.54) is 12.1 Å². The second-order valence-corrected chi connectivity index (χ2v) is 5.89. The van der Waals surface area contributed by atoms with Crippen LogP contribution in [0.3, 0.4) is 0 Å². The molecular formula is C15H13ClN4O9. The molecule has 29 heavy (non-hydrogen) atoms. The molecule has 0 atom stereocenters. The molecule has 0 saturated carbocycles. The van der Waals surface area contributed by atoms with Crippen molar-refractivity contribution >= 4 is 34.4 Å². The van der Waals surface area contributed by atoms with Gasteiger partial charge in [-0.05, 0) is 26.0 Å². The number of benzene rings is 2. The molecule has 2 aromatic rings. The van der Waals surface area contributed by atoms with Gasteiger partial charge in [0.05, 0.1) is 37.9 Å². The average Bonchev–Trinajstić information content (AvgIpc) is 2.61. The first-order chi connectivity index (χ1) is 13.4. The van der Waals surface area contributed by atoms with E-state index in [-0.39, 0.29) is 28.3 Å². The quantitative estimate of drug-likeness (QED) is 0.473. The topological polar surface area (TPSA) is 182 Å². The number of nitrogens with zero attached hydrogens (tertiary/aromatic N) is 4. The van der Waals surface area contributed by atoms with E-state index < -0.39 is 31.1 Å². The van der Waals surface area contributed by atoms with Crippen LogP contribution in [0.4, 0.5) is 22.7 Å². The SMILES string of the molecule is CC(C)Oc1ccc([N+](=O)[O-])cc1[N+](=O)[O-].O=[N+]([O-])c1ccc(Cl)c([N+](=O)[O-])c1. The highest BCUT2D eigenvalue weighted by molar-refractivity contribution is 6.32. The van der Waals surface area contributed by atoms with Gasteiger partial charge in [0.15, 0.2) is 5.75 Å². The Hall–Kier alpha value is -3.87. The third kappa shape index (κ3) is 6.66. The predicted molar refractivity (Wildman–Crippen MR) is 100 cm³/mol. The zero-order valence-corrected chi connectivity index (χ0v) is 15.6. The predicted octanol–water partition coefficient (Wildman–Crippen LogP) is 4.45. The first-order valence-electron chi connectivity index (χ1n) is 7.61. The summed E-state index contributed by atoms with van der Waals surface area (Å²) in [5.41, 5.74) is -1.54. The van der Waals surface area contributed by atoms with Crippen LogP contribution >= 0.6 is 11.6 Å². The minimum absolute atomic E-state index is 0.0330. The third-order valence-electron chi connectivity index (χ3n) is 3.05. The molecule has 2 rings (SSSR count). The molecule has 14 heteroatoms. The van der Waals surface area contributed by atoms with E-state index in [0.29, 0.717) is 0 Å². The number of non-ortho nitro benzene ring substituents is 2. The van der Waals surface area contributed by atoms with Gasteiger partial charge < -0.3 is 4.74 Å². The number of hydrogen-bond acceptors (Lipinski definition) is 9. The van der Waals surface area contributed by atoms with Crippen molar-refractivity contribution in [3.05, 3.63) is 81.9 Å². The number of hydrogen-bond donors (Lipinski definition) is 0. The zero-order valence-electron chi connectivity index (χ0n) is 14.9. The zero-order chi connectivity index (χ0) is 22.3. The van der Waals surface area contributed by atoms with Gasteiger partial charge in [-0.3, -0.25) is 40.5 Å². The average molecular weight is 429 g/mol. The molecule has 0 radical (unpaired) electrons.